The van der Waals surface area contributed by atoms with Crippen molar-refractivity contribution in [3.8, 4) is 0 Å². The molecule has 0 bridgehead atoms. The summed E-state index contributed by atoms with van der Waals surface area (Å²) in [7, 11) is 0. The molecule has 412 valence electrons. The highest BCUT2D eigenvalue weighted by atomic mass is 16.8. The lowest BCUT2D eigenvalue weighted by Crippen LogP contribution is -2.66. The lowest BCUT2D eigenvalue weighted by molar-refractivity contribution is -0.379. The molecule has 0 saturated carbocycles. The van der Waals surface area contributed by atoms with Crippen LogP contribution in [0.5, 0.6) is 0 Å². The standard InChI is InChI=1S/C51H95NO18/c1-3-5-7-8-9-10-11-12-13-14-15-16-17-18-19-20-21-22-23-24-25-27-28-35(56)34(52-39(57)29-26-6-4-2)33-65-49-45(63)42(60)47(37(31-54)67-49)70-51-46(64)43(61)48(38(32-55)68-51)69-50-44(62)41(59)40(58)36(30-53)66-50/h27-28,34-38,40-51,53-56,58-64H,3-26,29-33H2,1-2H3,(H,52,57)/b28-27+. The van der Waals surface area contributed by atoms with Gasteiger partial charge in [-0.05, 0) is 19.3 Å². The number of carbonyl (C=O) groups excluding carboxylic acids is 1. The number of aliphatic hydroxyl groups excluding tert-OH is 11. The Balaban J connectivity index is 1.42. The van der Waals surface area contributed by atoms with Gasteiger partial charge in [0.1, 0.15) is 73.2 Å². The summed E-state index contributed by atoms with van der Waals surface area (Å²) in [6.07, 6.45) is 6.20. The van der Waals surface area contributed by atoms with Gasteiger partial charge in [0.05, 0.1) is 38.6 Å². The number of carbonyl (C=O) groups is 1. The van der Waals surface area contributed by atoms with Crippen LogP contribution in [0.15, 0.2) is 12.2 Å². The van der Waals surface area contributed by atoms with Gasteiger partial charge < -0.3 is 89.9 Å². The van der Waals surface area contributed by atoms with Crippen LogP contribution < -0.4 is 5.32 Å². The van der Waals surface area contributed by atoms with E-state index in [4.69, 9.17) is 28.4 Å². The number of allylic oxidation sites excluding steroid dienone is 1. The van der Waals surface area contributed by atoms with Crippen molar-refractivity contribution in [1.82, 2.24) is 5.32 Å². The van der Waals surface area contributed by atoms with Crippen LogP contribution in [-0.2, 0) is 33.2 Å². The van der Waals surface area contributed by atoms with E-state index in [1.165, 1.54) is 109 Å². The van der Waals surface area contributed by atoms with Gasteiger partial charge in [0, 0.05) is 6.42 Å². The minimum atomic E-state index is -1.97. The van der Waals surface area contributed by atoms with Gasteiger partial charge in [0.15, 0.2) is 18.9 Å². The number of ether oxygens (including phenoxy) is 6. The first-order valence-corrected chi connectivity index (χ1v) is 26.9. The van der Waals surface area contributed by atoms with E-state index < -0.39 is 124 Å². The van der Waals surface area contributed by atoms with Crippen LogP contribution in [0.2, 0.25) is 0 Å². The Bertz CT molecular complexity index is 1350. The lowest BCUT2D eigenvalue weighted by atomic mass is 9.96. The van der Waals surface area contributed by atoms with Gasteiger partial charge in [-0.25, -0.2) is 0 Å². The zero-order valence-corrected chi connectivity index (χ0v) is 42.3. The van der Waals surface area contributed by atoms with Gasteiger partial charge in [-0.1, -0.05) is 161 Å². The van der Waals surface area contributed by atoms with Crippen LogP contribution in [-0.4, -0.2) is 193 Å². The molecule has 0 aliphatic carbocycles. The van der Waals surface area contributed by atoms with E-state index in [1.807, 2.05) is 13.0 Å². The van der Waals surface area contributed by atoms with E-state index in [1.54, 1.807) is 6.08 Å². The molecule has 19 heteroatoms. The Morgan fingerprint density at radius 2 is 0.886 bits per heavy atom. The fraction of sp³-hybridized carbons (Fsp3) is 0.941. The zero-order valence-electron chi connectivity index (χ0n) is 42.3. The van der Waals surface area contributed by atoms with Crippen LogP contribution in [0.1, 0.15) is 174 Å². The molecule has 1 amide bonds. The minimum absolute atomic E-state index is 0.231. The second kappa shape index (κ2) is 36.5. The van der Waals surface area contributed by atoms with Gasteiger partial charge >= 0.3 is 0 Å². The zero-order chi connectivity index (χ0) is 51.3. The maximum absolute atomic E-state index is 12.9. The molecule has 12 N–H and O–H groups in total. The van der Waals surface area contributed by atoms with Gasteiger partial charge in [0.2, 0.25) is 5.91 Å². The van der Waals surface area contributed by atoms with Crippen molar-refractivity contribution in [2.45, 2.75) is 279 Å². The molecule has 17 atom stereocenters. The lowest BCUT2D eigenvalue weighted by Gasteiger charge is -2.48. The highest BCUT2D eigenvalue weighted by Gasteiger charge is 2.53. The van der Waals surface area contributed by atoms with Crippen LogP contribution in [0.3, 0.4) is 0 Å². The fourth-order valence-corrected chi connectivity index (χ4v) is 9.31. The summed E-state index contributed by atoms with van der Waals surface area (Å²) in [6, 6.07) is -0.962. The van der Waals surface area contributed by atoms with E-state index in [0.29, 0.717) is 6.42 Å². The summed E-state index contributed by atoms with van der Waals surface area (Å²) in [4.78, 5) is 12.9. The number of unbranched alkanes of at least 4 members (excludes halogenated alkanes) is 22. The first-order valence-electron chi connectivity index (χ1n) is 26.9. The van der Waals surface area contributed by atoms with Gasteiger partial charge in [-0.15, -0.1) is 0 Å². The Labute approximate surface area is 416 Å². The van der Waals surface area contributed by atoms with E-state index in [9.17, 15) is 61.0 Å². The molecular weight excluding hydrogens is 915 g/mol. The van der Waals surface area contributed by atoms with Crippen molar-refractivity contribution >= 4 is 5.91 Å². The van der Waals surface area contributed by atoms with Crippen molar-refractivity contribution in [2.75, 3.05) is 26.4 Å². The number of nitrogens with one attached hydrogen (secondary N) is 1. The molecule has 70 heavy (non-hydrogen) atoms. The van der Waals surface area contributed by atoms with E-state index in [-0.39, 0.29) is 18.9 Å². The first-order chi connectivity index (χ1) is 33.8. The number of hydrogen-bond acceptors (Lipinski definition) is 18. The third kappa shape index (κ3) is 21.8. The largest absolute Gasteiger partial charge is 0.394 e. The highest BCUT2D eigenvalue weighted by molar-refractivity contribution is 5.76. The molecule has 3 aliphatic rings. The summed E-state index contributed by atoms with van der Waals surface area (Å²) in [6.45, 7) is 1.52. The van der Waals surface area contributed by atoms with E-state index in [0.717, 1.165) is 38.5 Å². The van der Waals surface area contributed by atoms with Gasteiger partial charge in [0.25, 0.3) is 0 Å². The third-order valence-corrected chi connectivity index (χ3v) is 13.8. The van der Waals surface area contributed by atoms with Crippen LogP contribution in [0, 0.1) is 0 Å². The number of aliphatic hydroxyl groups is 11. The molecule has 3 fully saturated rings. The van der Waals surface area contributed by atoms with Gasteiger partial charge in [-0.2, -0.15) is 0 Å². The Morgan fingerprint density at radius 1 is 0.500 bits per heavy atom. The molecule has 0 aromatic heterocycles. The summed E-state index contributed by atoms with van der Waals surface area (Å²) in [5, 5.41) is 119. The normalized spacial score (nSPS) is 32.6. The predicted molar refractivity (Wildman–Crippen MR) is 259 cm³/mol. The van der Waals surface area contributed by atoms with Crippen LogP contribution in [0.25, 0.3) is 0 Å². The Hall–Kier alpha value is -1.47. The highest BCUT2D eigenvalue weighted by Crippen LogP contribution is 2.33. The average Bonchev–Trinajstić information content (AvgIpc) is 3.35. The third-order valence-electron chi connectivity index (χ3n) is 13.8. The fourth-order valence-electron chi connectivity index (χ4n) is 9.31. The molecule has 3 saturated heterocycles. The monoisotopic (exact) mass is 1010 g/mol. The number of hydrogen-bond donors (Lipinski definition) is 12. The summed E-state index contributed by atoms with van der Waals surface area (Å²) in [5.74, 6) is -0.300. The maximum atomic E-state index is 12.9. The van der Waals surface area contributed by atoms with Crippen molar-refractivity contribution in [3.63, 3.8) is 0 Å². The van der Waals surface area contributed by atoms with Crippen molar-refractivity contribution < 1.29 is 89.4 Å². The van der Waals surface area contributed by atoms with Crippen LogP contribution in [0.4, 0.5) is 0 Å². The topological polar surface area (TPSA) is 307 Å². The second-order valence-electron chi connectivity index (χ2n) is 19.7. The number of rotatable bonds is 38. The van der Waals surface area contributed by atoms with E-state index in [2.05, 4.69) is 12.2 Å². The number of amides is 1. The second-order valence-corrected chi connectivity index (χ2v) is 19.7. The first kappa shape index (κ1) is 62.8. The van der Waals surface area contributed by atoms with E-state index >= 15 is 0 Å². The van der Waals surface area contributed by atoms with Crippen molar-refractivity contribution in [2.24, 2.45) is 0 Å². The smallest absolute Gasteiger partial charge is 0.220 e. The molecule has 0 radical (unpaired) electrons. The quantitative estimate of drug-likeness (QED) is 0.0313. The molecule has 3 aliphatic heterocycles. The molecule has 0 aromatic rings. The SMILES string of the molecule is CCCCCCCCCCCCCCCCCCCCCC/C=C/C(O)C(COC1OC(CO)C(OC2OC(CO)C(OC3OC(CO)C(O)C(O)C3O)C(O)C2O)C(O)C1O)NC(=O)CCCCC. The summed E-state index contributed by atoms with van der Waals surface area (Å²) < 4.78 is 33.9. The summed E-state index contributed by atoms with van der Waals surface area (Å²) in [5.41, 5.74) is 0. The van der Waals surface area contributed by atoms with Crippen LogP contribution >= 0.6 is 0 Å². The van der Waals surface area contributed by atoms with Crippen molar-refractivity contribution in [3.05, 3.63) is 12.2 Å². The molecule has 0 aromatic carbocycles. The molecule has 17 unspecified atom stereocenters. The Morgan fingerprint density at radius 3 is 1.34 bits per heavy atom. The van der Waals surface area contributed by atoms with Gasteiger partial charge in [-0.3, -0.25) is 4.79 Å². The molecule has 3 heterocycles. The molecule has 3 rings (SSSR count). The van der Waals surface area contributed by atoms with Crippen molar-refractivity contribution in [1.29, 1.82) is 0 Å². The maximum Gasteiger partial charge on any atom is 0.220 e. The predicted octanol–water partition coefficient (Wildman–Crippen LogP) is 2.65. The average molecular weight is 1010 g/mol. The molecular formula is C51H95NO18. The molecule has 0 spiro atoms. The Kier molecular flexibility index (Phi) is 32.7. The minimum Gasteiger partial charge on any atom is -0.394 e. The molecule has 19 nitrogen and oxygen atoms in total. The summed E-state index contributed by atoms with van der Waals surface area (Å²) >= 11 is 0.